The smallest absolute Gasteiger partial charge is 0.0184 e. The average molecular weight is 265 g/mol. The maximum Gasteiger partial charge on any atom is 0.0184 e. The molecule has 2 heteroatoms. The fraction of sp³-hybridized carbons (Fsp3) is 0.625. The third kappa shape index (κ3) is 7.07. The van der Waals surface area contributed by atoms with Crippen molar-refractivity contribution in [3.8, 4) is 0 Å². The van der Waals surface area contributed by atoms with Crippen LogP contribution >= 0.6 is 11.8 Å². The molecule has 0 fully saturated rings. The van der Waals surface area contributed by atoms with E-state index in [1.807, 2.05) is 11.8 Å². The SMILES string of the molecule is Cc1cc(C)cc(CSCCCNCC(C)C)c1. The number of hydrogen-bond donors (Lipinski definition) is 1. The molecule has 1 N–H and O–H groups in total. The fourth-order valence-electron chi connectivity index (χ4n) is 2.03. The molecule has 0 aliphatic rings. The average Bonchev–Trinajstić information content (AvgIpc) is 2.26. The Hall–Kier alpha value is -0.470. The van der Waals surface area contributed by atoms with Gasteiger partial charge in [0.25, 0.3) is 0 Å². The minimum atomic E-state index is 0.757. The van der Waals surface area contributed by atoms with Crippen molar-refractivity contribution in [1.82, 2.24) is 5.32 Å². The summed E-state index contributed by atoms with van der Waals surface area (Å²) in [6.45, 7) is 11.2. The molecule has 1 rings (SSSR count). The Morgan fingerprint density at radius 2 is 1.78 bits per heavy atom. The maximum atomic E-state index is 3.49. The summed E-state index contributed by atoms with van der Waals surface area (Å²) in [4.78, 5) is 0. The van der Waals surface area contributed by atoms with Crippen molar-refractivity contribution in [3.05, 3.63) is 34.9 Å². The first-order valence-corrected chi connectivity index (χ1v) is 8.09. The number of rotatable bonds is 8. The lowest BCUT2D eigenvalue weighted by Crippen LogP contribution is -2.21. The molecule has 0 atom stereocenters. The highest BCUT2D eigenvalue weighted by Gasteiger charge is 1.97. The van der Waals surface area contributed by atoms with Crippen molar-refractivity contribution in [1.29, 1.82) is 0 Å². The molecule has 0 unspecified atom stereocenters. The molecule has 18 heavy (non-hydrogen) atoms. The molecule has 0 amide bonds. The van der Waals surface area contributed by atoms with E-state index in [2.05, 4.69) is 51.2 Å². The van der Waals surface area contributed by atoms with Crippen LogP contribution in [-0.2, 0) is 5.75 Å². The number of nitrogens with one attached hydrogen (secondary N) is 1. The van der Waals surface area contributed by atoms with Crippen molar-refractivity contribution in [2.45, 2.75) is 39.9 Å². The molecular formula is C16H27NS. The topological polar surface area (TPSA) is 12.0 Å². The van der Waals surface area contributed by atoms with Gasteiger partial charge >= 0.3 is 0 Å². The van der Waals surface area contributed by atoms with E-state index in [-0.39, 0.29) is 0 Å². The number of hydrogen-bond acceptors (Lipinski definition) is 2. The molecular weight excluding hydrogens is 238 g/mol. The van der Waals surface area contributed by atoms with Crippen LogP contribution in [0.3, 0.4) is 0 Å². The lowest BCUT2D eigenvalue weighted by molar-refractivity contribution is 0.552. The van der Waals surface area contributed by atoms with Crippen molar-refractivity contribution in [2.24, 2.45) is 5.92 Å². The van der Waals surface area contributed by atoms with Gasteiger partial charge in [0.2, 0.25) is 0 Å². The second-order valence-electron chi connectivity index (χ2n) is 5.50. The molecule has 0 saturated heterocycles. The molecule has 0 bridgehead atoms. The second kappa shape index (κ2) is 8.60. The minimum absolute atomic E-state index is 0.757. The van der Waals surface area contributed by atoms with Crippen LogP contribution in [0.1, 0.15) is 37.0 Å². The van der Waals surface area contributed by atoms with Crippen LogP contribution in [0, 0.1) is 19.8 Å². The Labute approximate surface area is 117 Å². The zero-order valence-corrected chi connectivity index (χ0v) is 13.1. The molecule has 0 aliphatic heterocycles. The van der Waals surface area contributed by atoms with Gasteiger partial charge < -0.3 is 5.32 Å². The van der Waals surface area contributed by atoms with Crippen LogP contribution in [0.15, 0.2) is 18.2 Å². The molecule has 0 saturated carbocycles. The van der Waals surface area contributed by atoms with Gasteiger partial charge in [0.05, 0.1) is 0 Å². The Morgan fingerprint density at radius 3 is 2.39 bits per heavy atom. The number of thioether (sulfide) groups is 1. The second-order valence-corrected chi connectivity index (χ2v) is 6.61. The van der Waals surface area contributed by atoms with E-state index in [1.165, 1.54) is 28.9 Å². The van der Waals surface area contributed by atoms with Gasteiger partial charge in [0.15, 0.2) is 0 Å². The summed E-state index contributed by atoms with van der Waals surface area (Å²) in [6, 6.07) is 6.85. The quantitative estimate of drug-likeness (QED) is 0.708. The summed E-state index contributed by atoms with van der Waals surface area (Å²) >= 11 is 2.04. The van der Waals surface area contributed by atoms with Crippen LogP contribution in [0.2, 0.25) is 0 Å². The van der Waals surface area contributed by atoms with Gasteiger partial charge in [-0.15, -0.1) is 0 Å². The first kappa shape index (κ1) is 15.6. The summed E-state index contributed by atoms with van der Waals surface area (Å²) in [7, 11) is 0. The van der Waals surface area contributed by atoms with E-state index < -0.39 is 0 Å². The number of benzene rings is 1. The van der Waals surface area contributed by atoms with Crippen LogP contribution in [0.25, 0.3) is 0 Å². The van der Waals surface area contributed by atoms with Crippen LogP contribution in [0.4, 0.5) is 0 Å². The number of aryl methyl sites for hydroxylation is 2. The van der Waals surface area contributed by atoms with Gasteiger partial charge in [-0.25, -0.2) is 0 Å². The first-order valence-electron chi connectivity index (χ1n) is 6.93. The molecule has 1 aromatic carbocycles. The van der Waals surface area contributed by atoms with Crippen molar-refractivity contribution < 1.29 is 0 Å². The summed E-state index contributed by atoms with van der Waals surface area (Å²) in [5.74, 6) is 3.15. The predicted molar refractivity (Wildman–Crippen MR) is 84.4 cm³/mol. The van der Waals surface area contributed by atoms with Crippen molar-refractivity contribution >= 4 is 11.8 Å². The Bertz CT molecular complexity index is 327. The lowest BCUT2D eigenvalue weighted by Gasteiger charge is -2.07. The highest BCUT2D eigenvalue weighted by molar-refractivity contribution is 7.98. The lowest BCUT2D eigenvalue weighted by atomic mass is 10.1. The molecule has 0 aromatic heterocycles. The molecule has 0 spiro atoms. The Kier molecular flexibility index (Phi) is 7.45. The fourth-order valence-corrected chi connectivity index (χ4v) is 2.93. The Balaban J connectivity index is 2.10. The van der Waals surface area contributed by atoms with Gasteiger partial charge in [-0.3, -0.25) is 0 Å². The largest absolute Gasteiger partial charge is 0.316 e. The van der Waals surface area contributed by atoms with Gasteiger partial charge in [-0.05, 0) is 50.6 Å². The van der Waals surface area contributed by atoms with Crippen molar-refractivity contribution in [2.75, 3.05) is 18.8 Å². The van der Waals surface area contributed by atoms with E-state index in [1.54, 1.807) is 0 Å². The molecule has 0 aliphatic carbocycles. The first-order chi connectivity index (χ1) is 8.58. The third-order valence-corrected chi connectivity index (χ3v) is 3.86. The third-order valence-electron chi connectivity index (χ3n) is 2.75. The monoisotopic (exact) mass is 265 g/mol. The normalized spacial score (nSPS) is 11.2. The molecule has 102 valence electrons. The summed E-state index contributed by atoms with van der Waals surface area (Å²) in [5.41, 5.74) is 4.22. The summed E-state index contributed by atoms with van der Waals surface area (Å²) in [6.07, 6.45) is 1.27. The minimum Gasteiger partial charge on any atom is -0.316 e. The molecule has 1 nitrogen and oxygen atoms in total. The zero-order valence-electron chi connectivity index (χ0n) is 12.3. The van der Waals surface area contributed by atoms with E-state index in [0.717, 1.165) is 24.8 Å². The molecule has 0 radical (unpaired) electrons. The van der Waals surface area contributed by atoms with E-state index in [9.17, 15) is 0 Å². The van der Waals surface area contributed by atoms with Crippen LogP contribution in [0.5, 0.6) is 0 Å². The van der Waals surface area contributed by atoms with Gasteiger partial charge in [-0.1, -0.05) is 43.2 Å². The maximum absolute atomic E-state index is 3.49. The standard InChI is InChI=1S/C16H27NS/c1-13(2)11-17-6-5-7-18-12-16-9-14(3)8-15(4)10-16/h8-10,13,17H,5-7,11-12H2,1-4H3. The highest BCUT2D eigenvalue weighted by atomic mass is 32.2. The summed E-state index contributed by atoms with van der Waals surface area (Å²) < 4.78 is 0. The Morgan fingerprint density at radius 1 is 1.11 bits per heavy atom. The van der Waals surface area contributed by atoms with Gasteiger partial charge in [-0.2, -0.15) is 11.8 Å². The van der Waals surface area contributed by atoms with E-state index in [0.29, 0.717) is 0 Å². The predicted octanol–water partition coefficient (Wildman–Crippen LogP) is 4.17. The molecule has 0 heterocycles. The van der Waals surface area contributed by atoms with Crippen LogP contribution < -0.4 is 5.32 Å². The van der Waals surface area contributed by atoms with Gasteiger partial charge in [0.1, 0.15) is 0 Å². The molecule has 1 aromatic rings. The van der Waals surface area contributed by atoms with Crippen molar-refractivity contribution in [3.63, 3.8) is 0 Å². The summed E-state index contributed by atoms with van der Waals surface area (Å²) in [5, 5.41) is 3.49. The van der Waals surface area contributed by atoms with E-state index in [4.69, 9.17) is 0 Å². The zero-order chi connectivity index (χ0) is 13.4. The van der Waals surface area contributed by atoms with E-state index >= 15 is 0 Å². The van der Waals surface area contributed by atoms with Gasteiger partial charge in [0, 0.05) is 5.75 Å². The van der Waals surface area contributed by atoms with Crippen LogP contribution in [-0.4, -0.2) is 18.8 Å². The highest BCUT2D eigenvalue weighted by Crippen LogP contribution is 2.16.